The first kappa shape index (κ1) is 21.8. The molecule has 2 aromatic rings. The molecule has 1 saturated heterocycles. The molecule has 8 nitrogen and oxygen atoms in total. The quantitative estimate of drug-likeness (QED) is 0.689. The molecule has 0 aliphatic carbocycles. The van der Waals surface area contributed by atoms with Crippen LogP contribution in [0.5, 0.6) is 5.75 Å². The van der Waals surface area contributed by atoms with E-state index in [0.29, 0.717) is 29.3 Å². The van der Waals surface area contributed by atoms with Crippen molar-refractivity contribution in [3.05, 3.63) is 54.1 Å². The monoisotopic (exact) mass is 421 g/mol. The van der Waals surface area contributed by atoms with Gasteiger partial charge in [-0.1, -0.05) is 6.07 Å². The highest BCUT2D eigenvalue weighted by Crippen LogP contribution is 2.28. The Morgan fingerprint density at radius 1 is 1.26 bits per heavy atom. The highest BCUT2D eigenvalue weighted by molar-refractivity contribution is 6.00. The van der Waals surface area contributed by atoms with Crippen molar-refractivity contribution < 1.29 is 23.9 Å². The zero-order valence-corrected chi connectivity index (χ0v) is 17.3. The molecule has 1 fully saturated rings. The van der Waals surface area contributed by atoms with Crippen LogP contribution in [0.25, 0.3) is 0 Å². The molecule has 160 valence electrons. The van der Waals surface area contributed by atoms with Crippen LogP contribution in [0.3, 0.4) is 0 Å². The molecule has 0 radical (unpaired) electrons. The summed E-state index contributed by atoms with van der Waals surface area (Å²) in [5.41, 5.74) is 1.51. The summed E-state index contributed by atoms with van der Waals surface area (Å²) in [7, 11) is 0. The van der Waals surface area contributed by atoms with Gasteiger partial charge in [0.05, 0.1) is 24.2 Å². The molecular weight excluding hydrogens is 398 g/mol. The summed E-state index contributed by atoms with van der Waals surface area (Å²) in [5, 5.41) is 11.6. The van der Waals surface area contributed by atoms with Gasteiger partial charge in [0.2, 0.25) is 5.91 Å². The van der Waals surface area contributed by atoms with E-state index in [1.807, 2.05) is 13.0 Å². The van der Waals surface area contributed by atoms with Gasteiger partial charge >= 0.3 is 5.97 Å². The molecule has 8 heteroatoms. The minimum absolute atomic E-state index is 0.0185. The average Bonchev–Trinajstić information content (AvgIpc) is 3.16. The van der Waals surface area contributed by atoms with Crippen LogP contribution < -0.4 is 15.0 Å². The summed E-state index contributed by atoms with van der Waals surface area (Å²) >= 11 is 0. The molecule has 1 N–H and O–H groups in total. The maximum Gasteiger partial charge on any atom is 0.312 e. The van der Waals surface area contributed by atoms with Crippen LogP contribution in [0.2, 0.25) is 0 Å². The van der Waals surface area contributed by atoms with Crippen LogP contribution in [0.1, 0.15) is 25.8 Å². The van der Waals surface area contributed by atoms with Gasteiger partial charge < -0.3 is 19.7 Å². The van der Waals surface area contributed by atoms with Crippen molar-refractivity contribution in [2.45, 2.75) is 26.4 Å². The standard InChI is InChI=1S/C23H23N3O5/c1-3-30-20-9-7-19(8-10-20)26-14-17(12-21(26)27)23(29)31-15(2)22(28)25-18-6-4-5-16(11-18)13-24/h4-11,15,17H,3,12,14H2,1-2H3,(H,25,28). The normalized spacial score (nSPS) is 16.4. The molecule has 0 aromatic heterocycles. The Balaban J connectivity index is 1.57. The van der Waals surface area contributed by atoms with Crippen molar-refractivity contribution in [3.63, 3.8) is 0 Å². The van der Waals surface area contributed by atoms with Crippen LogP contribution >= 0.6 is 0 Å². The largest absolute Gasteiger partial charge is 0.494 e. The Morgan fingerprint density at radius 2 is 2.00 bits per heavy atom. The third-order valence-electron chi connectivity index (χ3n) is 4.84. The number of anilines is 2. The number of nitrogens with one attached hydrogen (secondary N) is 1. The number of ether oxygens (including phenoxy) is 2. The first-order chi connectivity index (χ1) is 14.9. The second kappa shape index (κ2) is 9.76. The fraction of sp³-hybridized carbons (Fsp3) is 0.304. The molecule has 0 bridgehead atoms. The second-order valence-electron chi connectivity index (χ2n) is 7.09. The molecule has 2 unspecified atom stereocenters. The van der Waals surface area contributed by atoms with Gasteiger partial charge in [0, 0.05) is 24.3 Å². The predicted molar refractivity (Wildman–Crippen MR) is 113 cm³/mol. The van der Waals surface area contributed by atoms with Crippen molar-refractivity contribution in [1.29, 1.82) is 5.26 Å². The number of nitrogens with zero attached hydrogens (tertiary/aromatic N) is 2. The maximum absolute atomic E-state index is 12.5. The van der Waals surface area contributed by atoms with E-state index < -0.39 is 23.9 Å². The number of rotatable bonds is 7. The molecule has 3 rings (SSSR count). The van der Waals surface area contributed by atoms with Gasteiger partial charge in [-0.2, -0.15) is 5.26 Å². The van der Waals surface area contributed by atoms with E-state index in [1.165, 1.54) is 17.9 Å². The number of hydrogen-bond acceptors (Lipinski definition) is 6. The van der Waals surface area contributed by atoms with E-state index in [1.54, 1.807) is 42.5 Å². The first-order valence-corrected chi connectivity index (χ1v) is 9.96. The molecule has 1 heterocycles. The van der Waals surface area contributed by atoms with E-state index in [2.05, 4.69) is 5.32 Å². The number of hydrogen-bond donors (Lipinski definition) is 1. The van der Waals surface area contributed by atoms with Crippen LogP contribution in [0.15, 0.2) is 48.5 Å². The molecule has 1 aliphatic rings. The Kier molecular flexibility index (Phi) is 6.88. The van der Waals surface area contributed by atoms with Gasteiger partial charge in [-0.25, -0.2) is 0 Å². The van der Waals surface area contributed by atoms with Gasteiger partial charge in [0.1, 0.15) is 5.75 Å². The van der Waals surface area contributed by atoms with Crippen LogP contribution in [-0.2, 0) is 19.1 Å². The minimum atomic E-state index is -1.05. The number of amides is 2. The zero-order valence-electron chi connectivity index (χ0n) is 17.3. The third-order valence-corrected chi connectivity index (χ3v) is 4.84. The van der Waals surface area contributed by atoms with E-state index in [0.717, 1.165) is 0 Å². The van der Waals surface area contributed by atoms with E-state index in [9.17, 15) is 14.4 Å². The number of nitriles is 1. The van der Waals surface area contributed by atoms with Crippen LogP contribution in [0.4, 0.5) is 11.4 Å². The smallest absolute Gasteiger partial charge is 0.312 e. The lowest BCUT2D eigenvalue weighted by atomic mass is 10.1. The van der Waals surface area contributed by atoms with E-state index in [4.69, 9.17) is 14.7 Å². The van der Waals surface area contributed by atoms with Crippen molar-refractivity contribution in [2.24, 2.45) is 5.92 Å². The molecular formula is C23H23N3O5. The fourth-order valence-corrected chi connectivity index (χ4v) is 3.24. The molecule has 2 aromatic carbocycles. The molecule has 0 saturated carbocycles. The van der Waals surface area contributed by atoms with E-state index >= 15 is 0 Å². The zero-order chi connectivity index (χ0) is 22.4. The SMILES string of the molecule is CCOc1ccc(N2CC(C(=O)OC(C)C(=O)Nc3cccc(C#N)c3)CC2=O)cc1. The highest BCUT2D eigenvalue weighted by Gasteiger charge is 2.37. The van der Waals surface area contributed by atoms with Crippen LogP contribution in [-0.4, -0.2) is 37.0 Å². The second-order valence-corrected chi connectivity index (χ2v) is 7.09. The van der Waals surface area contributed by atoms with Crippen LogP contribution in [0, 0.1) is 17.2 Å². The first-order valence-electron chi connectivity index (χ1n) is 9.96. The molecule has 0 spiro atoms. The molecule has 2 amide bonds. The minimum Gasteiger partial charge on any atom is -0.494 e. The highest BCUT2D eigenvalue weighted by atomic mass is 16.5. The van der Waals surface area contributed by atoms with Gasteiger partial charge in [-0.3, -0.25) is 14.4 Å². The Hall–Kier alpha value is -3.86. The molecule has 31 heavy (non-hydrogen) atoms. The van der Waals surface area contributed by atoms with Crippen molar-refractivity contribution in [3.8, 4) is 11.8 Å². The van der Waals surface area contributed by atoms with Gasteiger partial charge in [-0.15, -0.1) is 0 Å². The number of carbonyl (C=O) groups excluding carboxylic acids is 3. The summed E-state index contributed by atoms with van der Waals surface area (Å²) in [5.74, 6) is -1.26. The summed E-state index contributed by atoms with van der Waals surface area (Å²) in [6, 6.07) is 15.5. The van der Waals surface area contributed by atoms with Gasteiger partial charge in [-0.05, 0) is 56.3 Å². The Morgan fingerprint density at radius 3 is 2.68 bits per heavy atom. The van der Waals surface area contributed by atoms with E-state index in [-0.39, 0.29) is 18.9 Å². The average molecular weight is 421 g/mol. The molecule has 2 atom stereocenters. The summed E-state index contributed by atoms with van der Waals surface area (Å²) in [6.45, 7) is 4.08. The Labute approximate surface area is 180 Å². The van der Waals surface area contributed by atoms with Crippen molar-refractivity contribution in [2.75, 3.05) is 23.4 Å². The summed E-state index contributed by atoms with van der Waals surface area (Å²) in [6.07, 6.45) is -1.03. The topological polar surface area (TPSA) is 109 Å². The summed E-state index contributed by atoms with van der Waals surface area (Å²) < 4.78 is 10.7. The fourth-order valence-electron chi connectivity index (χ4n) is 3.24. The Bertz CT molecular complexity index is 1010. The number of esters is 1. The predicted octanol–water partition coefficient (Wildman–Crippen LogP) is 2.88. The maximum atomic E-state index is 12.5. The third kappa shape index (κ3) is 5.39. The lowest BCUT2D eigenvalue weighted by Crippen LogP contribution is -2.33. The van der Waals surface area contributed by atoms with Gasteiger partial charge in [0.15, 0.2) is 6.10 Å². The van der Waals surface area contributed by atoms with Gasteiger partial charge in [0.25, 0.3) is 5.91 Å². The van der Waals surface area contributed by atoms with Crippen molar-refractivity contribution in [1.82, 2.24) is 0 Å². The lowest BCUT2D eigenvalue weighted by Gasteiger charge is -2.18. The molecule has 1 aliphatic heterocycles. The number of benzene rings is 2. The lowest BCUT2D eigenvalue weighted by molar-refractivity contribution is -0.157. The van der Waals surface area contributed by atoms with Crippen molar-refractivity contribution >= 4 is 29.2 Å². The summed E-state index contributed by atoms with van der Waals surface area (Å²) in [4.78, 5) is 38.8. The number of carbonyl (C=O) groups is 3.